The highest BCUT2D eigenvalue weighted by Gasteiger charge is 2.22. The van der Waals surface area contributed by atoms with Crippen LogP contribution < -0.4 is 0 Å². The van der Waals surface area contributed by atoms with Crippen LogP contribution in [0.3, 0.4) is 0 Å². The molecular formula is C13H16N2. The van der Waals surface area contributed by atoms with Crippen molar-refractivity contribution in [2.45, 2.75) is 18.9 Å². The molecule has 2 nitrogen and oxygen atoms in total. The SMILES string of the molecule is CN(C)[C@H]1Cc2cccc3[nH]cc(c23)C1. The summed E-state index contributed by atoms with van der Waals surface area (Å²) in [4.78, 5) is 5.69. The second-order valence-corrected chi connectivity index (χ2v) is 4.68. The van der Waals surface area contributed by atoms with Crippen molar-refractivity contribution in [1.29, 1.82) is 0 Å². The zero-order valence-corrected chi connectivity index (χ0v) is 9.25. The predicted octanol–water partition coefficient (Wildman–Crippen LogP) is 2.20. The number of aromatic amines is 1. The van der Waals surface area contributed by atoms with E-state index in [1.54, 1.807) is 0 Å². The van der Waals surface area contributed by atoms with Crippen LogP contribution in [0.15, 0.2) is 24.4 Å². The Morgan fingerprint density at radius 2 is 2.00 bits per heavy atom. The molecule has 0 spiro atoms. The van der Waals surface area contributed by atoms with Gasteiger partial charge in [-0.1, -0.05) is 12.1 Å². The first kappa shape index (κ1) is 8.98. The standard InChI is InChI=1S/C13H16N2/c1-15(2)11-6-9-4-3-5-12-13(9)10(7-11)8-14-12/h3-5,8,11,14H,6-7H2,1-2H3/t11-/m0/s1. The number of nitrogens with one attached hydrogen (secondary N) is 1. The fourth-order valence-corrected chi connectivity index (χ4v) is 2.61. The molecule has 1 aliphatic carbocycles. The Labute approximate surface area is 89.9 Å². The van der Waals surface area contributed by atoms with Gasteiger partial charge in [-0.2, -0.15) is 0 Å². The molecule has 1 atom stereocenters. The molecule has 15 heavy (non-hydrogen) atoms. The summed E-state index contributed by atoms with van der Waals surface area (Å²) in [5.74, 6) is 0. The Bertz CT molecular complexity index is 496. The third kappa shape index (κ3) is 1.29. The average Bonchev–Trinajstić information content (AvgIpc) is 2.64. The molecule has 1 aromatic carbocycles. The quantitative estimate of drug-likeness (QED) is 0.747. The lowest BCUT2D eigenvalue weighted by Crippen LogP contribution is -2.33. The van der Waals surface area contributed by atoms with Gasteiger partial charge >= 0.3 is 0 Å². The van der Waals surface area contributed by atoms with Crippen LogP contribution in [0, 0.1) is 0 Å². The molecule has 1 N–H and O–H groups in total. The number of H-pyrrole nitrogens is 1. The Balaban J connectivity index is 2.16. The zero-order chi connectivity index (χ0) is 10.4. The van der Waals surface area contributed by atoms with Crippen molar-refractivity contribution in [2.24, 2.45) is 0 Å². The van der Waals surface area contributed by atoms with Crippen LogP contribution in [0.1, 0.15) is 11.1 Å². The van der Waals surface area contributed by atoms with E-state index in [1.807, 2.05) is 0 Å². The Kier molecular flexibility index (Phi) is 1.86. The summed E-state index contributed by atoms with van der Waals surface area (Å²) in [5.41, 5.74) is 4.26. The summed E-state index contributed by atoms with van der Waals surface area (Å²) in [5, 5.41) is 1.47. The van der Waals surface area contributed by atoms with Crippen molar-refractivity contribution in [1.82, 2.24) is 9.88 Å². The molecule has 0 saturated carbocycles. The number of aromatic nitrogens is 1. The van der Waals surface area contributed by atoms with Gasteiger partial charge in [-0.25, -0.2) is 0 Å². The fraction of sp³-hybridized carbons (Fsp3) is 0.385. The number of benzene rings is 1. The molecule has 0 fully saturated rings. The van der Waals surface area contributed by atoms with E-state index in [-0.39, 0.29) is 0 Å². The van der Waals surface area contributed by atoms with Crippen molar-refractivity contribution >= 4 is 10.9 Å². The van der Waals surface area contributed by atoms with Crippen LogP contribution in [0.4, 0.5) is 0 Å². The van der Waals surface area contributed by atoms with Gasteiger partial charge in [0.05, 0.1) is 0 Å². The third-order valence-corrected chi connectivity index (χ3v) is 3.52. The molecule has 0 bridgehead atoms. The molecule has 3 rings (SSSR count). The van der Waals surface area contributed by atoms with Crippen LogP contribution in [-0.2, 0) is 12.8 Å². The molecule has 2 heteroatoms. The van der Waals surface area contributed by atoms with E-state index < -0.39 is 0 Å². The normalized spacial score (nSPS) is 20.1. The van der Waals surface area contributed by atoms with Crippen molar-refractivity contribution < 1.29 is 0 Å². The summed E-state index contributed by atoms with van der Waals surface area (Å²) in [6, 6.07) is 7.22. The smallest absolute Gasteiger partial charge is 0.0459 e. The Morgan fingerprint density at radius 3 is 2.80 bits per heavy atom. The van der Waals surface area contributed by atoms with E-state index in [1.165, 1.54) is 34.9 Å². The van der Waals surface area contributed by atoms with E-state index in [0.717, 1.165) is 0 Å². The number of rotatable bonds is 1. The first-order valence-electron chi connectivity index (χ1n) is 5.50. The summed E-state index contributed by atoms with van der Waals surface area (Å²) in [6.45, 7) is 0. The monoisotopic (exact) mass is 200 g/mol. The van der Waals surface area contributed by atoms with Crippen molar-refractivity contribution in [3.05, 3.63) is 35.5 Å². The van der Waals surface area contributed by atoms with Crippen LogP contribution in [0.25, 0.3) is 10.9 Å². The van der Waals surface area contributed by atoms with Gasteiger partial charge in [0, 0.05) is 23.1 Å². The van der Waals surface area contributed by atoms with Gasteiger partial charge in [0.1, 0.15) is 0 Å². The minimum atomic E-state index is 0.652. The van der Waals surface area contributed by atoms with Gasteiger partial charge in [-0.15, -0.1) is 0 Å². The molecule has 0 amide bonds. The number of hydrogen-bond donors (Lipinski definition) is 1. The lowest BCUT2D eigenvalue weighted by Gasteiger charge is -2.28. The molecule has 1 aliphatic rings. The van der Waals surface area contributed by atoms with Gasteiger partial charge in [0.25, 0.3) is 0 Å². The minimum absolute atomic E-state index is 0.652. The maximum Gasteiger partial charge on any atom is 0.0459 e. The number of likely N-dealkylation sites (N-methyl/N-ethyl adjacent to an activating group) is 1. The molecule has 0 saturated heterocycles. The van der Waals surface area contributed by atoms with Crippen LogP contribution in [0.2, 0.25) is 0 Å². The van der Waals surface area contributed by atoms with Gasteiger partial charge in [-0.05, 0) is 44.1 Å². The first-order chi connectivity index (χ1) is 7.25. The van der Waals surface area contributed by atoms with E-state index in [2.05, 4.69) is 48.4 Å². The molecule has 78 valence electrons. The number of hydrogen-bond acceptors (Lipinski definition) is 1. The number of nitrogens with zero attached hydrogens (tertiary/aromatic N) is 1. The topological polar surface area (TPSA) is 19.0 Å². The third-order valence-electron chi connectivity index (χ3n) is 3.52. The average molecular weight is 200 g/mol. The van der Waals surface area contributed by atoms with Crippen LogP contribution >= 0.6 is 0 Å². The van der Waals surface area contributed by atoms with Gasteiger partial charge in [0.15, 0.2) is 0 Å². The lowest BCUT2D eigenvalue weighted by atomic mass is 9.89. The molecule has 2 aromatic rings. The van der Waals surface area contributed by atoms with Crippen molar-refractivity contribution in [3.8, 4) is 0 Å². The van der Waals surface area contributed by atoms with E-state index in [0.29, 0.717) is 6.04 Å². The van der Waals surface area contributed by atoms with E-state index in [9.17, 15) is 0 Å². The Hall–Kier alpha value is -1.28. The first-order valence-corrected chi connectivity index (χ1v) is 5.50. The maximum atomic E-state index is 3.36. The molecule has 0 unspecified atom stereocenters. The largest absolute Gasteiger partial charge is 0.361 e. The lowest BCUT2D eigenvalue weighted by molar-refractivity contribution is 0.287. The molecular weight excluding hydrogens is 184 g/mol. The van der Waals surface area contributed by atoms with Crippen LogP contribution in [-0.4, -0.2) is 30.0 Å². The summed E-state index contributed by atoms with van der Waals surface area (Å²) in [7, 11) is 4.34. The minimum Gasteiger partial charge on any atom is -0.361 e. The maximum absolute atomic E-state index is 3.36. The molecule has 0 radical (unpaired) electrons. The van der Waals surface area contributed by atoms with Gasteiger partial charge in [-0.3, -0.25) is 0 Å². The van der Waals surface area contributed by atoms with Crippen molar-refractivity contribution in [3.63, 3.8) is 0 Å². The van der Waals surface area contributed by atoms with Gasteiger partial charge < -0.3 is 9.88 Å². The highest BCUT2D eigenvalue weighted by atomic mass is 15.1. The summed E-state index contributed by atoms with van der Waals surface area (Å²) in [6.07, 6.45) is 4.52. The summed E-state index contributed by atoms with van der Waals surface area (Å²) < 4.78 is 0. The predicted molar refractivity (Wildman–Crippen MR) is 63.2 cm³/mol. The van der Waals surface area contributed by atoms with Crippen molar-refractivity contribution in [2.75, 3.05) is 14.1 Å². The highest BCUT2D eigenvalue weighted by Crippen LogP contribution is 2.30. The second-order valence-electron chi connectivity index (χ2n) is 4.68. The molecule has 1 heterocycles. The molecule has 1 aromatic heterocycles. The summed E-state index contributed by atoms with van der Waals surface area (Å²) >= 11 is 0. The highest BCUT2D eigenvalue weighted by molar-refractivity contribution is 5.87. The fourth-order valence-electron chi connectivity index (χ4n) is 2.61. The van der Waals surface area contributed by atoms with E-state index in [4.69, 9.17) is 0 Å². The second kappa shape index (κ2) is 3.11. The van der Waals surface area contributed by atoms with Gasteiger partial charge in [0.2, 0.25) is 0 Å². The molecule has 0 aliphatic heterocycles. The Morgan fingerprint density at radius 1 is 1.20 bits per heavy atom. The van der Waals surface area contributed by atoms with Crippen LogP contribution in [0.5, 0.6) is 0 Å². The zero-order valence-electron chi connectivity index (χ0n) is 9.25. The van der Waals surface area contributed by atoms with E-state index >= 15 is 0 Å².